The molecule has 6 heteroatoms. The number of piperidine rings is 1. The van der Waals surface area contributed by atoms with E-state index in [1.165, 1.54) is 10.7 Å². The van der Waals surface area contributed by atoms with Crippen LogP contribution < -0.4 is 5.32 Å². The van der Waals surface area contributed by atoms with Crippen molar-refractivity contribution in [1.29, 1.82) is 0 Å². The molecule has 5 nitrogen and oxygen atoms in total. The van der Waals surface area contributed by atoms with Crippen molar-refractivity contribution in [2.24, 2.45) is 17.8 Å². The quantitative estimate of drug-likeness (QED) is 0.857. The Bertz CT molecular complexity index is 492. The van der Waals surface area contributed by atoms with Gasteiger partial charge < -0.3 is 5.32 Å². The van der Waals surface area contributed by atoms with Crippen molar-refractivity contribution in [2.75, 3.05) is 18.8 Å². The Morgan fingerprint density at radius 1 is 1.18 bits per heavy atom. The number of carbonyl (C=O) groups excluding carboxylic acids is 1. The van der Waals surface area contributed by atoms with Gasteiger partial charge in [-0.25, -0.2) is 12.7 Å². The third-order valence-corrected chi connectivity index (χ3v) is 7.40. The van der Waals surface area contributed by atoms with E-state index in [1.807, 2.05) is 0 Å². The zero-order valence-electron chi connectivity index (χ0n) is 14.0. The molecule has 2 fully saturated rings. The van der Waals surface area contributed by atoms with Crippen LogP contribution in [0.25, 0.3) is 0 Å². The summed E-state index contributed by atoms with van der Waals surface area (Å²) in [4.78, 5) is 12.5. The van der Waals surface area contributed by atoms with E-state index in [4.69, 9.17) is 0 Å². The van der Waals surface area contributed by atoms with Crippen LogP contribution in [-0.4, -0.2) is 43.5 Å². The number of hydrogen-bond donors (Lipinski definition) is 1. The van der Waals surface area contributed by atoms with Crippen LogP contribution in [0.4, 0.5) is 0 Å². The molecule has 2 rings (SSSR count). The van der Waals surface area contributed by atoms with Gasteiger partial charge in [-0.05, 0) is 38.0 Å². The highest BCUT2D eigenvalue weighted by Crippen LogP contribution is 2.30. The molecule has 22 heavy (non-hydrogen) atoms. The summed E-state index contributed by atoms with van der Waals surface area (Å²) < 4.78 is 25.5. The number of rotatable bonds is 4. The first kappa shape index (κ1) is 17.7. The number of hydrogen-bond acceptors (Lipinski definition) is 3. The normalized spacial score (nSPS) is 34.3. The van der Waals surface area contributed by atoms with Crippen molar-refractivity contribution < 1.29 is 13.2 Å². The second kappa shape index (κ2) is 7.30. The molecule has 1 aliphatic heterocycles. The minimum absolute atomic E-state index is 0.0435. The van der Waals surface area contributed by atoms with Gasteiger partial charge in [-0.3, -0.25) is 4.79 Å². The zero-order valence-corrected chi connectivity index (χ0v) is 14.9. The van der Waals surface area contributed by atoms with Crippen LogP contribution in [0.15, 0.2) is 0 Å². The average molecular weight is 330 g/mol. The summed E-state index contributed by atoms with van der Waals surface area (Å²) in [5.74, 6) is 1.10. The van der Waals surface area contributed by atoms with Crippen LogP contribution in [0.1, 0.15) is 52.9 Å². The first-order valence-corrected chi connectivity index (χ1v) is 10.2. The molecule has 1 aliphatic carbocycles. The zero-order chi connectivity index (χ0) is 16.3. The molecule has 1 saturated carbocycles. The monoisotopic (exact) mass is 330 g/mol. The molecule has 0 aromatic rings. The standard InChI is InChI=1S/C16H30N2O3S/c1-4-22(20,21)18-10-6-8-14(11-18)16(19)17-15-9-5-7-12(2)13(15)3/h12-15H,4-11H2,1-3H3,(H,17,19). The van der Waals surface area contributed by atoms with E-state index in [9.17, 15) is 13.2 Å². The lowest BCUT2D eigenvalue weighted by Crippen LogP contribution is -2.50. The van der Waals surface area contributed by atoms with Gasteiger partial charge in [0.25, 0.3) is 0 Å². The number of amides is 1. The van der Waals surface area contributed by atoms with Gasteiger partial charge in [0.05, 0.1) is 11.7 Å². The highest BCUT2D eigenvalue weighted by atomic mass is 32.2. The van der Waals surface area contributed by atoms with Gasteiger partial charge in [-0.1, -0.05) is 26.7 Å². The first-order chi connectivity index (χ1) is 10.3. The lowest BCUT2D eigenvalue weighted by Gasteiger charge is -2.37. The minimum Gasteiger partial charge on any atom is -0.353 e. The van der Waals surface area contributed by atoms with Crippen molar-refractivity contribution in [1.82, 2.24) is 9.62 Å². The summed E-state index contributed by atoms with van der Waals surface area (Å²) in [6, 6.07) is 0.245. The molecule has 0 aromatic heterocycles. The Morgan fingerprint density at radius 3 is 2.59 bits per heavy atom. The fourth-order valence-electron chi connectivity index (χ4n) is 3.68. The van der Waals surface area contributed by atoms with Crippen molar-refractivity contribution in [2.45, 2.75) is 58.9 Å². The Hall–Kier alpha value is -0.620. The summed E-state index contributed by atoms with van der Waals surface area (Å²) >= 11 is 0. The largest absolute Gasteiger partial charge is 0.353 e. The van der Waals surface area contributed by atoms with Gasteiger partial charge in [0.1, 0.15) is 0 Å². The number of nitrogens with one attached hydrogen (secondary N) is 1. The highest BCUT2D eigenvalue weighted by Gasteiger charge is 2.34. The van der Waals surface area contributed by atoms with Crippen LogP contribution in [0.3, 0.4) is 0 Å². The Labute approximate surface area is 134 Å². The Balaban J connectivity index is 1.95. The molecular formula is C16H30N2O3S. The molecule has 128 valence electrons. The molecule has 1 saturated heterocycles. The molecule has 2 aliphatic rings. The predicted molar refractivity (Wildman–Crippen MR) is 87.9 cm³/mol. The summed E-state index contributed by atoms with van der Waals surface area (Å²) in [6.45, 7) is 7.02. The molecule has 0 spiro atoms. The Kier molecular flexibility index (Phi) is 5.88. The maximum Gasteiger partial charge on any atom is 0.224 e. The molecule has 0 bridgehead atoms. The molecule has 4 unspecified atom stereocenters. The SMILES string of the molecule is CCS(=O)(=O)N1CCCC(C(=O)NC2CCCC(C)C2C)C1. The summed E-state index contributed by atoms with van der Waals surface area (Å²) in [7, 11) is -3.19. The topological polar surface area (TPSA) is 66.5 Å². The molecular weight excluding hydrogens is 300 g/mol. The van der Waals surface area contributed by atoms with Gasteiger partial charge >= 0.3 is 0 Å². The molecule has 1 N–H and O–H groups in total. The second-order valence-corrected chi connectivity index (χ2v) is 9.24. The van der Waals surface area contributed by atoms with Crippen LogP contribution in [0.5, 0.6) is 0 Å². The third kappa shape index (κ3) is 4.02. The molecule has 1 heterocycles. The van der Waals surface area contributed by atoms with E-state index in [-0.39, 0.29) is 23.6 Å². The van der Waals surface area contributed by atoms with E-state index in [1.54, 1.807) is 6.92 Å². The van der Waals surface area contributed by atoms with E-state index in [0.29, 0.717) is 24.9 Å². The summed E-state index contributed by atoms with van der Waals surface area (Å²) in [5.41, 5.74) is 0. The molecule has 1 amide bonds. The van der Waals surface area contributed by atoms with Crippen LogP contribution in [-0.2, 0) is 14.8 Å². The first-order valence-electron chi connectivity index (χ1n) is 8.63. The van der Waals surface area contributed by atoms with Gasteiger partial charge in [0.2, 0.25) is 15.9 Å². The van der Waals surface area contributed by atoms with Gasteiger partial charge in [0.15, 0.2) is 0 Å². The van der Waals surface area contributed by atoms with Crippen molar-refractivity contribution in [3.8, 4) is 0 Å². The van der Waals surface area contributed by atoms with Crippen LogP contribution >= 0.6 is 0 Å². The van der Waals surface area contributed by atoms with Gasteiger partial charge in [-0.2, -0.15) is 0 Å². The van der Waals surface area contributed by atoms with Crippen LogP contribution in [0, 0.1) is 17.8 Å². The van der Waals surface area contributed by atoms with Gasteiger partial charge in [0, 0.05) is 19.1 Å². The smallest absolute Gasteiger partial charge is 0.224 e. The maximum atomic E-state index is 12.5. The van der Waals surface area contributed by atoms with Crippen LogP contribution in [0.2, 0.25) is 0 Å². The fraction of sp³-hybridized carbons (Fsp3) is 0.938. The number of carbonyl (C=O) groups is 1. The van der Waals surface area contributed by atoms with E-state index in [2.05, 4.69) is 19.2 Å². The second-order valence-electron chi connectivity index (χ2n) is 6.98. The average Bonchev–Trinajstić information content (AvgIpc) is 2.52. The fourth-order valence-corrected chi connectivity index (χ4v) is 4.86. The van der Waals surface area contributed by atoms with Crippen molar-refractivity contribution >= 4 is 15.9 Å². The number of sulfonamides is 1. The lowest BCUT2D eigenvalue weighted by molar-refractivity contribution is -0.127. The van der Waals surface area contributed by atoms with E-state index in [0.717, 1.165) is 25.7 Å². The maximum absolute atomic E-state index is 12.5. The Morgan fingerprint density at radius 2 is 1.91 bits per heavy atom. The van der Waals surface area contributed by atoms with E-state index >= 15 is 0 Å². The molecule has 4 atom stereocenters. The van der Waals surface area contributed by atoms with Crippen molar-refractivity contribution in [3.05, 3.63) is 0 Å². The van der Waals surface area contributed by atoms with Gasteiger partial charge in [-0.15, -0.1) is 0 Å². The predicted octanol–water partition coefficient (Wildman–Crippen LogP) is 1.99. The summed E-state index contributed by atoms with van der Waals surface area (Å²) in [6.07, 6.45) is 5.00. The minimum atomic E-state index is -3.19. The van der Waals surface area contributed by atoms with E-state index < -0.39 is 10.0 Å². The number of nitrogens with zero attached hydrogens (tertiary/aromatic N) is 1. The lowest BCUT2D eigenvalue weighted by atomic mass is 9.78. The molecule has 0 aromatic carbocycles. The highest BCUT2D eigenvalue weighted by molar-refractivity contribution is 7.89. The van der Waals surface area contributed by atoms with Crippen molar-refractivity contribution in [3.63, 3.8) is 0 Å². The summed E-state index contributed by atoms with van der Waals surface area (Å²) in [5, 5.41) is 3.20. The third-order valence-electron chi connectivity index (χ3n) is 5.55. The molecule has 0 radical (unpaired) electrons.